The molecular formula is C14H22N2O3S. The van der Waals surface area contributed by atoms with Crippen LogP contribution in [0.25, 0.3) is 0 Å². The second-order valence-electron chi connectivity index (χ2n) is 5.34. The second-order valence-corrected chi connectivity index (χ2v) is 7.44. The minimum Gasteiger partial charge on any atom is -0.495 e. The van der Waals surface area contributed by atoms with Crippen molar-refractivity contribution in [2.45, 2.75) is 38.0 Å². The van der Waals surface area contributed by atoms with E-state index in [4.69, 9.17) is 4.74 Å². The summed E-state index contributed by atoms with van der Waals surface area (Å²) in [6, 6.07) is 5.92. The number of sulfonamides is 1. The minimum atomic E-state index is -3.42. The van der Waals surface area contributed by atoms with Crippen molar-refractivity contribution in [3.63, 3.8) is 0 Å². The molecule has 5 nitrogen and oxygen atoms in total. The van der Waals surface area contributed by atoms with Gasteiger partial charge in [0.25, 0.3) is 0 Å². The highest BCUT2D eigenvalue weighted by Gasteiger charge is 2.26. The monoisotopic (exact) mass is 298 g/mol. The van der Waals surface area contributed by atoms with Crippen molar-refractivity contribution in [2.75, 3.05) is 18.4 Å². The Hall–Kier alpha value is -1.27. The van der Waals surface area contributed by atoms with Crippen LogP contribution in [0.15, 0.2) is 18.2 Å². The molecule has 2 rings (SSSR count). The first-order chi connectivity index (χ1) is 9.42. The number of ether oxygens (including phenoxy) is 1. The number of nitrogens with one attached hydrogen (secondary N) is 2. The van der Waals surface area contributed by atoms with Crippen LogP contribution in [-0.4, -0.2) is 33.4 Å². The molecule has 1 aliphatic carbocycles. The van der Waals surface area contributed by atoms with Gasteiger partial charge in [0.15, 0.2) is 0 Å². The molecule has 1 atom stereocenters. The van der Waals surface area contributed by atoms with Crippen molar-refractivity contribution >= 4 is 15.7 Å². The fraction of sp³-hybridized carbons (Fsp3) is 0.571. The van der Waals surface area contributed by atoms with E-state index >= 15 is 0 Å². The number of benzene rings is 1. The average molecular weight is 298 g/mol. The molecule has 112 valence electrons. The first-order valence-electron chi connectivity index (χ1n) is 6.82. The molecule has 6 heteroatoms. The van der Waals surface area contributed by atoms with Crippen molar-refractivity contribution in [1.82, 2.24) is 5.32 Å². The molecule has 0 heterocycles. The van der Waals surface area contributed by atoms with Gasteiger partial charge in [-0.1, -0.05) is 6.07 Å². The zero-order chi connectivity index (χ0) is 14.8. The maximum absolute atomic E-state index is 12.3. The van der Waals surface area contributed by atoms with Gasteiger partial charge in [0, 0.05) is 12.6 Å². The van der Waals surface area contributed by atoms with Crippen LogP contribution in [0.4, 0.5) is 5.69 Å². The molecule has 2 N–H and O–H groups in total. The molecule has 0 amide bonds. The van der Waals surface area contributed by atoms with E-state index in [0.29, 0.717) is 24.0 Å². The Balaban J connectivity index is 2.07. The number of rotatable bonds is 7. The van der Waals surface area contributed by atoms with Crippen LogP contribution in [0.3, 0.4) is 0 Å². The number of hydrogen-bond donors (Lipinski definition) is 2. The minimum absolute atomic E-state index is 0.466. The maximum Gasteiger partial charge on any atom is 0.236 e. The van der Waals surface area contributed by atoms with Crippen LogP contribution in [0.1, 0.15) is 25.3 Å². The lowest BCUT2D eigenvalue weighted by molar-refractivity contribution is 0.416. The molecule has 1 aliphatic rings. The Kier molecular flexibility index (Phi) is 4.55. The Morgan fingerprint density at radius 3 is 2.70 bits per heavy atom. The van der Waals surface area contributed by atoms with Gasteiger partial charge in [0.05, 0.1) is 18.0 Å². The van der Waals surface area contributed by atoms with Crippen molar-refractivity contribution in [2.24, 2.45) is 0 Å². The van der Waals surface area contributed by atoms with Gasteiger partial charge < -0.3 is 10.1 Å². The Morgan fingerprint density at radius 2 is 2.10 bits per heavy atom. The average Bonchev–Trinajstić information content (AvgIpc) is 3.19. The third-order valence-corrected chi connectivity index (χ3v) is 5.14. The lowest BCUT2D eigenvalue weighted by atomic mass is 10.2. The van der Waals surface area contributed by atoms with E-state index < -0.39 is 15.3 Å². The second kappa shape index (κ2) is 6.01. The topological polar surface area (TPSA) is 67.4 Å². The smallest absolute Gasteiger partial charge is 0.236 e. The highest BCUT2D eigenvalue weighted by molar-refractivity contribution is 7.93. The first kappa shape index (κ1) is 15.1. The van der Waals surface area contributed by atoms with E-state index in [2.05, 4.69) is 10.0 Å². The van der Waals surface area contributed by atoms with E-state index in [9.17, 15) is 8.42 Å². The van der Waals surface area contributed by atoms with Crippen molar-refractivity contribution in [1.29, 1.82) is 0 Å². The van der Waals surface area contributed by atoms with Gasteiger partial charge >= 0.3 is 0 Å². The maximum atomic E-state index is 12.3. The molecular weight excluding hydrogens is 276 g/mol. The third-order valence-electron chi connectivity index (χ3n) is 3.41. The summed E-state index contributed by atoms with van der Waals surface area (Å²) in [5.74, 6) is 0.529. The van der Waals surface area contributed by atoms with E-state index in [1.54, 1.807) is 19.1 Å². The van der Waals surface area contributed by atoms with Crippen molar-refractivity contribution in [3.05, 3.63) is 23.8 Å². The molecule has 20 heavy (non-hydrogen) atoms. The molecule has 0 bridgehead atoms. The third kappa shape index (κ3) is 3.86. The summed E-state index contributed by atoms with van der Waals surface area (Å²) in [6.45, 7) is 4.09. The molecule has 0 spiro atoms. The molecule has 1 saturated carbocycles. The van der Waals surface area contributed by atoms with Crippen LogP contribution in [0, 0.1) is 6.92 Å². The largest absolute Gasteiger partial charge is 0.495 e. The molecule has 0 radical (unpaired) electrons. The lowest BCUT2D eigenvalue weighted by Gasteiger charge is -2.17. The molecule has 0 aliphatic heterocycles. The predicted molar refractivity (Wildman–Crippen MR) is 80.8 cm³/mol. The van der Waals surface area contributed by atoms with Crippen LogP contribution in [0.5, 0.6) is 5.75 Å². The van der Waals surface area contributed by atoms with Crippen LogP contribution >= 0.6 is 0 Å². The van der Waals surface area contributed by atoms with E-state index in [1.807, 2.05) is 13.0 Å². The fourth-order valence-electron chi connectivity index (χ4n) is 1.89. The van der Waals surface area contributed by atoms with Crippen LogP contribution < -0.4 is 14.8 Å². The van der Waals surface area contributed by atoms with Gasteiger partial charge in [-0.15, -0.1) is 0 Å². The van der Waals surface area contributed by atoms with Gasteiger partial charge in [0.2, 0.25) is 10.0 Å². The van der Waals surface area contributed by atoms with Gasteiger partial charge in [-0.05, 0) is 44.4 Å². The lowest BCUT2D eigenvalue weighted by Crippen LogP contribution is -2.35. The predicted octanol–water partition coefficient (Wildman–Crippen LogP) is 1.89. The van der Waals surface area contributed by atoms with Crippen LogP contribution in [-0.2, 0) is 10.0 Å². The van der Waals surface area contributed by atoms with E-state index in [0.717, 1.165) is 18.4 Å². The molecule has 1 fully saturated rings. The molecule has 0 aromatic heterocycles. The standard InChI is InChI=1S/C14H22N2O3S/c1-10-4-7-14(19-3)13(8-10)16-20(17,18)11(2)9-15-12-5-6-12/h4,7-8,11-12,15-16H,5-6,9H2,1-3H3. The highest BCUT2D eigenvalue weighted by atomic mass is 32.2. The van der Waals surface area contributed by atoms with Gasteiger partial charge in [-0.25, -0.2) is 8.42 Å². The summed E-state index contributed by atoms with van der Waals surface area (Å²) in [7, 11) is -1.89. The summed E-state index contributed by atoms with van der Waals surface area (Å²) in [5.41, 5.74) is 1.47. The number of anilines is 1. The van der Waals surface area contributed by atoms with E-state index in [-0.39, 0.29) is 0 Å². The Bertz CT molecular complexity index is 568. The molecule has 1 aromatic carbocycles. The van der Waals surface area contributed by atoms with E-state index in [1.165, 1.54) is 7.11 Å². The number of aryl methyl sites for hydroxylation is 1. The molecule has 1 unspecified atom stereocenters. The molecule has 0 saturated heterocycles. The normalized spacial score (nSPS) is 16.8. The summed E-state index contributed by atoms with van der Waals surface area (Å²) < 4.78 is 32.4. The van der Waals surface area contributed by atoms with Gasteiger partial charge in [-0.3, -0.25) is 4.72 Å². The summed E-state index contributed by atoms with van der Waals surface area (Å²) in [4.78, 5) is 0. The fourth-order valence-corrected chi connectivity index (χ4v) is 2.87. The summed E-state index contributed by atoms with van der Waals surface area (Å²) in [5, 5.41) is 2.75. The number of methoxy groups -OCH3 is 1. The SMILES string of the molecule is COc1ccc(C)cc1NS(=O)(=O)C(C)CNC1CC1. The number of hydrogen-bond acceptors (Lipinski definition) is 4. The quantitative estimate of drug-likeness (QED) is 0.806. The zero-order valence-corrected chi connectivity index (χ0v) is 13.0. The molecule has 1 aromatic rings. The first-order valence-corrected chi connectivity index (χ1v) is 8.36. The van der Waals surface area contributed by atoms with Crippen LogP contribution in [0.2, 0.25) is 0 Å². The highest BCUT2D eigenvalue weighted by Crippen LogP contribution is 2.27. The van der Waals surface area contributed by atoms with Crippen molar-refractivity contribution < 1.29 is 13.2 Å². The van der Waals surface area contributed by atoms with Crippen molar-refractivity contribution in [3.8, 4) is 5.75 Å². The van der Waals surface area contributed by atoms with Gasteiger partial charge in [-0.2, -0.15) is 0 Å². The summed E-state index contributed by atoms with van der Waals surface area (Å²) >= 11 is 0. The summed E-state index contributed by atoms with van der Waals surface area (Å²) in [6.07, 6.45) is 2.29. The zero-order valence-electron chi connectivity index (χ0n) is 12.1. The Labute approximate surface area is 120 Å². The Morgan fingerprint density at radius 1 is 1.40 bits per heavy atom. The van der Waals surface area contributed by atoms with Gasteiger partial charge in [0.1, 0.15) is 5.75 Å².